The van der Waals surface area contributed by atoms with Crippen LogP contribution in [0.1, 0.15) is 0 Å². The number of aliphatic carboxylic acids is 1. The van der Waals surface area contributed by atoms with Crippen LogP contribution in [0, 0.1) is 5.92 Å². The Balaban J connectivity index is 5.03. The predicted octanol–water partition coefficient (Wildman–Crippen LogP) is 1.17. The molecule has 9 heteroatoms. The first kappa shape index (κ1) is 13.0. The Bertz CT molecular complexity index is 204. The van der Waals surface area contributed by atoms with Crippen molar-refractivity contribution in [3.05, 3.63) is 0 Å². The lowest BCUT2D eigenvalue weighted by Gasteiger charge is -2.24. The molecular formula is C5H4F6O3. The molecule has 0 saturated carbocycles. The third-order valence-corrected chi connectivity index (χ3v) is 1.27. The van der Waals surface area contributed by atoms with Gasteiger partial charge in [0.25, 0.3) is 0 Å². The molecule has 0 heterocycles. The van der Waals surface area contributed by atoms with E-state index >= 15 is 0 Å². The molecule has 0 radical (unpaired) electrons. The van der Waals surface area contributed by atoms with Crippen molar-refractivity contribution in [1.29, 1.82) is 0 Å². The van der Waals surface area contributed by atoms with Gasteiger partial charge in [-0.3, -0.25) is 0 Å². The van der Waals surface area contributed by atoms with Crippen molar-refractivity contribution < 1.29 is 41.4 Å². The molecule has 2 N–H and O–H groups in total. The largest absolute Gasteiger partial charge is 0.479 e. The second kappa shape index (κ2) is 3.64. The van der Waals surface area contributed by atoms with Gasteiger partial charge in [0.15, 0.2) is 12.0 Å². The van der Waals surface area contributed by atoms with Gasteiger partial charge in [-0.15, -0.1) is 0 Å². The van der Waals surface area contributed by atoms with Crippen LogP contribution in [0.2, 0.25) is 0 Å². The van der Waals surface area contributed by atoms with Crippen molar-refractivity contribution in [2.24, 2.45) is 5.92 Å². The molecule has 0 aliphatic carbocycles. The molecule has 0 rings (SSSR count). The molecule has 84 valence electrons. The molecule has 1 unspecified atom stereocenters. The van der Waals surface area contributed by atoms with Gasteiger partial charge in [-0.25, -0.2) is 4.79 Å². The van der Waals surface area contributed by atoms with Gasteiger partial charge in [0, 0.05) is 0 Å². The van der Waals surface area contributed by atoms with Crippen molar-refractivity contribution in [3.63, 3.8) is 0 Å². The summed E-state index contributed by atoms with van der Waals surface area (Å²) in [6.45, 7) is 0. The number of aliphatic hydroxyl groups excluding tert-OH is 1. The maximum atomic E-state index is 11.7. The van der Waals surface area contributed by atoms with E-state index in [1.54, 1.807) is 0 Å². The summed E-state index contributed by atoms with van der Waals surface area (Å²) in [6, 6.07) is 0. The zero-order valence-electron chi connectivity index (χ0n) is 6.23. The number of carbonyl (C=O) groups is 1. The quantitative estimate of drug-likeness (QED) is 0.695. The van der Waals surface area contributed by atoms with E-state index in [0.717, 1.165) is 0 Å². The Kier molecular flexibility index (Phi) is 3.38. The highest BCUT2D eigenvalue weighted by molar-refractivity contribution is 5.72. The van der Waals surface area contributed by atoms with Crippen molar-refractivity contribution >= 4 is 5.97 Å². The summed E-state index contributed by atoms with van der Waals surface area (Å²) in [4.78, 5) is 9.78. The topological polar surface area (TPSA) is 57.5 Å². The number of halogens is 6. The monoisotopic (exact) mass is 226 g/mol. The summed E-state index contributed by atoms with van der Waals surface area (Å²) in [5, 5.41) is 16.0. The average Bonchev–Trinajstić information content (AvgIpc) is 1.79. The summed E-state index contributed by atoms with van der Waals surface area (Å²) in [6.07, 6.45) is -15.2. The first-order chi connectivity index (χ1) is 5.98. The standard InChI is InChI=1S/C5H4F6O3/c6-4(7,8)2(5(9,10)11)1(12)3(13)14/h1-2,12H,(H,13,14). The van der Waals surface area contributed by atoms with Crippen LogP contribution in [-0.4, -0.2) is 34.6 Å². The number of hydrogen-bond acceptors (Lipinski definition) is 2. The molecule has 14 heavy (non-hydrogen) atoms. The fourth-order valence-electron chi connectivity index (χ4n) is 0.686. The minimum absolute atomic E-state index is 2.58. The number of alkyl halides is 6. The number of hydrogen-bond donors (Lipinski definition) is 2. The van der Waals surface area contributed by atoms with E-state index in [4.69, 9.17) is 10.2 Å². The Morgan fingerprint density at radius 3 is 1.36 bits per heavy atom. The third-order valence-electron chi connectivity index (χ3n) is 1.27. The molecule has 0 aliphatic heterocycles. The van der Waals surface area contributed by atoms with Crippen LogP contribution in [0.4, 0.5) is 26.3 Å². The van der Waals surface area contributed by atoms with E-state index < -0.39 is 30.3 Å². The van der Waals surface area contributed by atoms with E-state index in [1.165, 1.54) is 0 Å². The SMILES string of the molecule is O=C(O)C(O)C(C(F)(F)F)C(F)(F)F. The highest BCUT2D eigenvalue weighted by Crippen LogP contribution is 2.41. The fourth-order valence-corrected chi connectivity index (χ4v) is 0.686. The van der Waals surface area contributed by atoms with Crippen LogP contribution in [0.15, 0.2) is 0 Å². The smallest absolute Gasteiger partial charge is 0.403 e. The van der Waals surface area contributed by atoms with Gasteiger partial charge in [0.1, 0.15) is 0 Å². The van der Waals surface area contributed by atoms with Gasteiger partial charge in [-0.2, -0.15) is 26.3 Å². The number of carboxylic acid groups (broad SMARTS) is 1. The summed E-state index contributed by atoms with van der Waals surface area (Å²) >= 11 is 0. The second-order valence-electron chi connectivity index (χ2n) is 2.34. The van der Waals surface area contributed by atoms with Gasteiger partial charge in [0.05, 0.1) is 0 Å². The summed E-state index contributed by atoms with van der Waals surface area (Å²) < 4.78 is 70.1. The number of carboxylic acids is 1. The molecule has 0 aliphatic rings. The average molecular weight is 226 g/mol. The van der Waals surface area contributed by atoms with E-state index in [2.05, 4.69) is 0 Å². The molecule has 0 spiro atoms. The molecule has 0 amide bonds. The van der Waals surface area contributed by atoms with Gasteiger partial charge >= 0.3 is 18.3 Å². The Labute approximate surface area is 72.9 Å². The molecule has 0 aromatic rings. The molecule has 0 aromatic carbocycles. The molecule has 3 nitrogen and oxygen atoms in total. The van der Waals surface area contributed by atoms with Crippen molar-refractivity contribution in [2.75, 3.05) is 0 Å². The van der Waals surface area contributed by atoms with Gasteiger partial charge < -0.3 is 10.2 Å². The first-order valence-electron chi connectivity index (χ1n) is 3.02. The van der Waals surface area contributed by atoms with Crippen LogP contribution < -0.4 is 0 Å². The van der Waals surface area contributed by atoms with Crippen LogP contribution in [-0.2, 0) is 4.79 Å². The summed E-state index contributed by atoms with van der Waals surface area (Å²) in [7, 11) is 0. The van der Waals surface area contributed by atoms with Crippen LogP contribution >= 0.6 is 0 Å². The first-order valence-corrected chi connectivity index (χ1v) is 3.02. The zero-order chi connectivity index (χ0) is 11.7. The van der Waals surface area contributed by atoms with Crippen molar-refractivity contribution in [1.82, 2.24) is 0 Å². The third kappa shape index (κ3) is 3.05. The van der Waals surface area contributed by atoms with Crippen molar-refractivity contribution in [2.45, 2.75) is 18.5 Å². The molecule has 0 fully saturated rings. The maximum absolute atomic E-state index is 11.7. The lowest BCUT2D eigenvalue weighted by atomic mass is 10.0. The maximum Gasteiger partial charge on any atom is 0.403 e. The van der Waals surface area contributed by atoms with Crippen LogP contribution in [0.3, 0.4) is 0 Å². The van der Waals surface area contributed by atoms with E-state index in [-0.39, 0.29) is 0 Å². The van der Waals surface area contributed by atoms with E-state index in [9.17, 15) is 31.1 Å². The Morgan fingerprint density at radius 2 is 1.29 bits per heavy atom. The Morgan fingerprint density at radius 1 is 1.00 bits per heavy atom. The van der Waals surface area contributed by atoms with E-state index in [0.29, 0.717) is 0 Å². The minimum atomic E-state index is -5.85. The second-order valence-corrected chi connectivity index (χ2v) is 2.34. The highest BCUT2D eigenvalue weighted by atomic mass is 19.4. The summed E-state index contributed by atoms with van der Waals surface area (Å²) in [5.74, 6) is -6.85. The van der Waals surface area contributed by atoms with E-state index in [1.807, 2.05) is 0 Å². The molecule has 0 bridgehead atoms. The predicted molar refractivity (Wildman–Crippen MR) is 29.2 cm³/mol. The Hall–Kier alpha value is -0.990. The van der Waals surface area contributed by atoms with Gasteiger partial charge in [-0.1, -0.05) is 0 Å². The van der Waals surface area contributed by atoms with Gasteiger partial charge in [-0.05, 0) is 0 Å². The number of rotatable bonds is 2. The van der Waals surface area contributed by atoms with Gasteiger partial charge in [0.2, 0.25) is 0 Å². The summed E-state index contributed by atoms with van der Waals surface area (Å²) in [5.41, 5.74) is 0. The lowest BCUT2D eigenvalue weighted by Crippen LogP contribution is -2.48. The highest BCUT2D eigenvalue weighted by Gasteiger charge is 2.62. The zero-order valence-corrected chi connectivity index (χ0v) is 6.23. The number of aliphatic hydroxyl groups is 1. The minimum Gasteiger partial charge on any atom is -0.479 e. The normalized spacial score (nSPS) is 15.7. The fraction of sp³-hybridized carbons (Fsp3) is 0.800. The molecule has 1 atom stereocenters. The lowest BCUT2D eigenvalue weighted by molar-refractivity contribution is -0.304. The molecular weight excluding hydrogens is 222 g/mol. The van der Waals surface area contributed by atoms with Crippen LogP contribution in [0.5, 0.6) is 0 Å². The molecule has 0 aromatic heterocycles. The van der Waals surface area contributed by atoms with Crippen molar-refractivity contribution in [3.8, 4) is 0 Å². The molecule has 0 saturated heterocycles. The van der Waals surface area contributed by atoms with Crippen LogP contribution in [0.25, 0.3) is 0 Å².